The van der Waals surface area contributed by atoms with Crippen LogP contribution in [0, 0.1) is 5.92 Å². The summed E-state index contributed by atoms with van der Waals surface area (Å²) in [5, 5.41) is 12.8. The van der Waals surface area contributed by atoms with E-state index in [0.29, 0.717) is 12.5 Å². The van der Waals surface area contributed by atoms with Gasteiger partial charge in [0.25, 0.3) is 0 Å². The molecule has 0 radical (unpaired) electrons. The van der Waals surface area contributed by atoms with E-state index in [-0.39, 0.29) is 6.04 Å². The van der Waals surface area contributed by atoms with Gasteiger partial charge in [-0.2, -0.15) is 0 Å². The monoisotopic (exact) mass is 298 g/mol. The van der Waals surface area contributed by atoms with Crippen molar-refractivity contribution in [1.82, 2.24) is 10.2 Å². The summed E-state index contributed by atoms with van der Waals surface area (Å²) in [6.07, 6.45) is 5.73. The Bertz CT molecular complexity index is 333. The minimum Gasteiger partial charge on any atom is -0.480 e. The zero-order chi connectivity index (χ0) is 16.0. The summed E-state index contributed by atoms with van der Waals surface area (Å²) >= 11 is 0. The number of rotatable bonds is 7. The SMILES string of the molecule is CCC1CCCN(C(C)CC(C)(NC(C)C)C(=O)O)CC1. The standard InChI is InChI=1S/C17H34N2O2/c1-6-15-8-7-10-19(11-9-15)14(4)12-17(5,16(20)21)18-13(2)3/h13-15,18H,6-12H2,1-5H3,(H,20,21). The molecule has 0 aromatic rings. The second kappa shape index (κ2) is 8.14. The number of aliphatic carboxylic acids is 1. The van der Waals surface area contributed by atoms with E-state index in [2.05, 4.69) is 24.1 Å². The second-order valence-electron chi connectivity index (χ2n) is 7.23. The van der Waals surface area contributed by atoms with Crippen LogP contribution in [0.2, 0.25) is 0 Å². The van der Waals surface area contributed by atoms with Gasteiger partial charge in [0.2, 0.25) is 0 Å². The Balaban J connectivity index is 2.64. The fourth-order valence-electron chi connectivity index (χ4n) is 3.60. The molecule has 0 aromatic heterocycles. The summed E-state index contributed by atoms with van der Waals surface area (Å²) in [7, 11) is 0. The molecule has 124 valence electrons. The molecular formula is C17H34N2O2. The minimum absolute atomic E-state index is 0.173. The van der Waals surface area contributed by atoms with Gasteiger partial charge in [-0.1, -0.05) is 13.3 Å². The fraction of sp³-hybridized carbons (Fsp3) is 0.941. The number of hydrogen-bond donors (Lipinski definition) is 2. The Kier molecular flexibility index (Phi) is 7.14. The molecule has 0 aromatic carbocycles. The zero-order valence-corrected chi connectivity index (χ0v) is 14.5. The number of nitrogens with one attached hydrogen (secondary N) is 1. The van der Waals surface area contributed by atoms with Crippen LogP contribution in [0.1, 0.15) is 66.7 Å². The highest BCUT2D eigenvalue weighted by atomic mass is 16.4. The average Bonchev–Trinajstić information content (AvgIpc) is 2.62. The highest BCUT2D eigenvalue weighted by Gasteiger charge is 2.36. The molecule has 0 amide bonds. The number of carboxylic acids is 1. The summed E-state index contributed by atoms with van der Waals surface area (Å²) in [5.41, 5.74) is -0.843. The van der Waals surface area contributed by atoms with Crippen LogP contribution in [0.4, 0.5) is 0 Å². The van der Waals surface area contributed by atoms with Crippen LogP contribution < -0.4 is 5.32 Å². The second-order valence-corrected chi connectivity index (χ2v) is 7.23. The summed E-state index contributed by atoms with van der Waals surface area (Å²) in [6, 6.07) is 0.472. The van der Waals surface area contributed by atoms with Crippen LogP contribution >= 0.6 is 0 Å². The molecule has 0 aliphatic carbocycles. The first-order valence-electron chi connectivity index (χ1n) is 8.53. The summed E-state index contributed by atoms with van der Waals surface area (Å²) < 4.78 is 0. The Labute approximate surface area is 130 Å². The lowest BCUT2D eigenvalue weighted by atomic mass is 9.92. The van der Waals surface area contributed by atoms with Crippen LogP contribution in [0.5, 0.6) is 0 Å². The molecule has 0 spiro atoms. The maximum absolute atomic E-state index is 11.7. The molecule has 3 unspecified atom stereocenters. The largest absolute Gasteiger partial charge is 0.480 e. The first-order chi connectivity index (χ1) is 9.78. The Morgan fingerprint density at radius 1 is 1.33 bits per heavy atom. The van der Waals surface area contributed by atoms with Crippen LogP contribution in [0.3, 0.4) is 0 Å². The molecule has 0 bridgehead atoms. The topological polar surface area (TPSA) is 52.6 Å². The van der Waals surface area contributed by atoms with E-state index in [0.717, 1.165) is 19.0 Å². The third-order valence-electron chi connectivity index (χ3n) is 4.87. The summed E-state index contributed by atoms with van der Waals surface area (Å²) in [6.45, 7) is 12.5. The van der Waals surface area contributed by atoms with Crippen molar-refractivity contribution in [2.45, 2.75) is 84.3 Å². The van der Waals surface area contributed by atoms with E-state index in [9.17, 15) is 9.90 Å². The van der Waals surface area contributed by atoms with Crippen molar-refractivity contribution >= 4 is 5.97 Å². The van der Waals surface area contributed by atoms with Gasteiger partial charge in [0.1, 0.15) is 5.54 Å². The fourth-order valence-corrected chi connectivity index (χ4v) is 3.60. The molecule has 4 heteroatoms. The molecule has 1 heterocycles. The molecule has 1 saturated heterocycles. The van der Waals surface area contributed by atoms with Gasteiger partial charge in [-0.25, -0.2) is 0 Å². The lowest BCUT2D eigenvalue weighted by Gasteiger charge is -2.36. The molecule has 2 N–H and O–H groups in total. The van der Waals surface area contributed by atoms with Gasteiger partial charge >= 0.3 is 5.97 Å². The van der Waals surface area contributed by atoms with Gasteiger partial charge in [-0.3, -0.25) is 10.1 Å². The van der Waals surface area contributed by atoms with E-state index in [1.54, 1.807) is 0 Å². The third kappa shape index (κ3) is 5.59. The number of likely N-dealkylation sites (tertiary alicyclic amines) is 1. The maximum atomic E-state index is 11.7. The summed E-state index contributed by atoms with van der Waals surface area (Å²) in [5.74, 6) is 0.103. The van der Waals surface area contributed by atoms with E-state index >= 15 is 0 Å². The van der Waals surface area contributed by atoms with Gasteiger partial charge in [-0.05, 0) is 72.4 Å². The molecular weight excluding hydrogens is 264 g/mol. The number of carboxylic acid groups (broad SMARTS) is 1. The number of nitrogens with zero attached hydrogens (tertiary/aromatic N) is 1. The molecule has 21 heavy (non-hydrogen) atoms. The van der Waals surface area contributed by atoms with Crippen molar-refractivity contribution in [3.63, 3.8) is 0 Å². The maximum Gasteiger partial charge on any atom is 0.323 e. The van der Waals surface area contributed by atoms with Gasteiger partial charge in [0.15, 0.2) is 0 Å². The smallest absolute Gasteiger partial charge is 0.323 e. The third-order valence-corrected chi connectivity index (χ3v) is 4.87. The van der Waals surface area contributed by atoms with Gasteiger partial charge < -0.3 is 10.0 Å². The zero-order valence-electron chi connectivity index (χ0n) is 14.5. The molecule has 1 aliphatic heterocycles. The summed E-state index contributed by atoms with van der Waals surface area (Å²) in [4.78, 5) is 14.1. The molecule has 4 nitrogen and oxygen atoms in total. The van der Waals surface area contributed by atoms with Crippen molar-refractivity contribution in [2.24, 2.45) is 5.92 Å². The highest BCUT2D eigenvalue weighted by molar-refractivity contribution is 5.78. The Morgan fingerprint density at radius 3 is 2.52 bits per heavy atom. The molecule has 1 fully saturated rings. The van der Waals surface area contributed by atoms with Crippen molar-refractivity contribution in [2.75, 3.05) is 13.1 Å². The first-order valence-corrected chi connectivity index (χ1v) is 8.53. The Morgan fingerprint density at radius 2 is 2.00 bits per heavy atom. The van der Waals surface area contributed by atoms with E-state index < -0.39 is 11.5 Å². The normalized spacial score (nSPS) is 25.3. The molecule has 1 aliphatic rings. The number of hydrogen-bond acceptors (Lipinski definition) is 3. The molecule has 1 rings (SSSR count). The molecule has 0 saturated carbocycles. The van der Waals surface area contributed by atoms with Crippen LogP contribution in [-0.4, -0.2) is 46.7 Å². The lowest BCUT2D eigenvalue weighted by Crippen LogP contribution is -2.55. The average molecular weight is 298 g/mol. The first kappa shape index (κ1) is 18.4. The Hall–Kier alpha value is -0.610. The van der Waals surface area contributed by atoms with Crippen molar-refractivity contribution < 1.29 is 9.90 Å². The number of carbonyl (C=O) groups is 1. The van der Waals surface area contributed by atoms with Crippen molar-refractivity contribution in [3.05, 3.63) is 0 Å². The van der Waals surface area contributed by atoms with E-state index in [1.165, 1.54) is 25.7 Å². The lowest BCUT2D eigenvalue weighted by molar-refractivity contribution is -0.145. The predicted molar refractivity (Wildman–Crippen MR) is 87.6 cm³/mol. The highest BCUT2D eigenvalue weighted by Crippen LogP contribution is 2.24. The van der Waals surface area contributed by atoms with Gasteiger partial charge in [0, 0.05) is 12.1 Å². The van der Waals surface area contributed by atoms with Crippen molar-refractivity contribution in [1.29, 1.82) is 0 Å². The van der Waals surface area contributed by atoms with Crippen LogP contribution in [0.25, 0.3) is 0 Å². The minimum atomic E-state index is -0.843. The molecule has 3 atom stereocenters. The van der Waals surface area contributed by atoms with E-state index in [4.69, 9.17) is 0 Å². The van der Waals surface area contributed by atoms with Gasteiger partial charge in [-0.15, -0.1) is 0 Å². The van der Waals surface area contributed by atoms with E-state index in [1.807, 2.05) is 20.8 Å². The predicted octanol–water partition coefficient (Wildman–Crippen LogP) is 3.12. The van der Waals surface area contributed by atoms with Crippen molar-refractivity contribution in [3.8, 4) is 0 Å². The quantitative estimate of drug-likeness (QED) is 0.758. The van der Waals surface area contributed by atoms with Crippen LogP contribution in [-0.2, 0) is 4.79 Å². The van der Waals surface area contributed by atoms with Gasteiger partial charge in [0.05, 0.1) is 0 Å². The van der Waals surface area contributed by atoms with Crippen LogP contribution in [0.15, 0.2) is 0 Å².